The van der Waals surface area contributed by atoms with Gasteiger partial charge in [0.2, 0.25) is 12.6 Å². The third kappa shape index (κ3) is 4.49. The van der Waals surface area contributed by atoms with Crippen LogP contribution in [0.5, 0.6) is 11.5 Å². The Labute approximate surface area is 179 Å². The van der Waals surface area contributed by atoms with Crippen molar-refractivity contribution < 1.29 is 33.0 Å². The maximum Gasteiger partial charge on any atom is 0.375 e. The molecule has 8 heteroatoms. The highest BCUT2D eigenvalue weighted by molar-refractivity contribution is 5.96. The van der Waals surface area contributed by atoms with Crippen molar-refractivity contribution in [2.75, 3.05) is 20.0 Å². The zero-order valence-corrected chi connectivity index (χ0v) is 17.3. The fourth-order valence-corrected chi connectivity index (χ4v) is 3.36. The first kappa shape index (κ1) is 20.7. The van der Waals surface area contributed by atoms with E-state index in [9.17, 15) is 9.59 Å². The summed E-state index contributed by atoms with van der Waals surface area (Å²) in [6.45, 7) is 4.16. The van der Waals surface area contributed by atoms with Crippen molar-refractivity contribution in [3.8, 4) is 11.5 Å². The van der Waals surface area contributed by atoms with E-state index in [1.54, 1.807) is 12.1 Å². The van der Waals surface area contributed by atoms with Gasteiger partial charge in [-0.3, -0.25) is 4.79 Å². The summed E-state index contributed by atoms with van der Waals surface area (Å²) in [6.07, 6.45) is 0. The molecular formula is C23H23NO7. The van der Waals surface area contributed by atoms with Crippen LogP contribution in [0, 0.1) is 0 Å². The molecule has 0 saturated heterocycles. The number of carbonyl (C=O) groups excluding carboxylic acids is 2. The zero-order chi connectivity index (χ0) is 21.8. The van der Waals surface area contributed by atoms with Gasteiger partial charge in [0.05, 0.1) is 12.6 Å². The molecule has 0 fully saturated rings. The van der Waals surface area contributed by atoms with Crippen LogP contribution in [-0.4, -0.2) is 31.9 Å². The SMILES string of the molecule is CCOCc1c(C(=O)OCC(=O)N[C@@H](C)c2ccc3c(c2)OCO3)oc2ccccc12. The Morgan fingerprint density at radius 1 is 1.13 bits per heavy atom. The molecular weight excluding hydrogens is 402 g/mol. The molecule has 1 atom stereocenters. The molecule has 0 aliphatic carbocycles. The maximum absolute atomic E-state index is 12.6. The number of rotatable bonds is 8. The largest absolute Gasteiger partial charge is 0.454 e. The summed E-state index contributed by atoms with van der Waals surface area (Å²) in [4.78, 5) is 24.9. The van der Waals surface area contributed by atoms with E-state index in [0.717, 1.165) is 10.9 Å². The monoisotopic (exact) mass is 425 g/mol. The number of carbonyl (C=O) groups is 2. The lowest BCUT2D eigenvalue weighted by molar-refractivity contribution is -0.124. The van der Waals surface area contributed by atoms with Crippen molar-refractivity contribution >= 4 is 22.8 Å². The number of para-hydroxylation sites is 1. The van der Waals surface area contributed by atoms with Gasteiger partial charge in [0.15, 0.2) is 18.1 Å². The molecule has 2 aromatic carbocycles. The first-order valence-corrected chi connectivity index (χ1v) is 10.0. The lowest BCUT2D eigenvalue weighted by Gasteiger charge is -2.15. The van der Waals surface area contributed by atoms with Gasteiger partial charge in [-0.1, -0.05) is 24.3 Å². The highest BCUT2D eigenvalue weighted by Gasteiger charge is 2.23. The van der Waals surface area contributed by atoms with E-state index in [0.29, 0.717) is 29.3 Å². The topological polar surface area (TPSA) is 96.2 Å². The Morgan fingerprint density at radius 3 is 2.77 bits per heavy atom. The number of benzene rings is 2. The molecule has 0 saturated carbocycles. The average Bonchev–Trinajstić information content (AvgIpc) is 3.40. The van der Waals surface area contributed by atoms with Crippen LogP contribution in [0.2, 0.25) is 0 Å². The highest BCUT2D eigenvalue weighted by atomic mass is 16.7. The van der Waals surface area contributed by atoms with Gasteiger partial charge in [-0.25, -0.2) is 4.79 Å². The minimum Gasteiger partial charge on any atom is -0.454 e. The molecule has 1 amide bonds. The van der Waals surface area contributed by atoms with Gasteiger partial charge >= 0.3 is 5.97 Å². The molecule has 0 bridgehead atoms. The summed E-state index contributed by atoms with van der Waals surface area (Å²) in [5.74, 6) is 0.214. The Morgan fingerprint density at radius 2 is 1.94 bits per heavy atom. The lowest BCUT2D eigenvalue weighted by atomic mass is 10.1. The molecule has 1 aliphatic rings. The van der Waals surface area contributed by atoms with Crippen molar-refractivity contribution in [3.05, 3.63) is 59.4 Å². The Balaban J connectivity index is 1.38. The Kier molecular flexibility index (Phi) is 6.08. The molecule has 8 nitrogen and oxygen atoms in total. The zero-order valence-electron chi connectivity index (χ0n) is 17.3. The van der Waals surface area contributed by atoms with Gasteiger partial charge in [0, 0.05) is 17.6 Å². The quantitative estimate of drug-likeness (QED) is 0.549. The van der Waals surface area contributed by atoms with Crippen molar-refractivity contribution in [1.82, 2.24) is 5.32 Å². The van der Waals surface area contributed by atoms with Crippen LogP contribution < -0.4 is 14.8 Å². The van der Waals surface area contributed by atoms with E-state index in [-0.39, 0.29) is 25.2 Å². The van der Waals surface area contributed by atoms with Crippen LogP contribution in [-0.2, 0) is 20.9 Å². The number of furan rings is 1. The summed E-state index contributed by atoms with van der Waals surface area (Å²) in [5, 5.41) is 3.58. The molecule has 4 rings (SSSR count). The highest BCUT2D eigenvalue weighted by Crippen LogP contribution is 2.34. The molecule has 162 valence electrons. The van der Waals surface area contributed by atoms with Crippen LogP contribution in [0.15, 0.2) is 46.9 Å². The molecule has 1 aliphatic heterocycles. The number of esters is 1. The number of fused-ring (bicyclic) bond motifs is 2. The second kappa shape index (κ2) is 9.09. The summed E-state index contributed by atoms with van der Waals surface area (Å²) in [7, 11) is 0. The number of amides is 1. The predicted octanol–water partition coefficient (Wildman–Crippen LogP) is 3.73. The second-order valence-corrected chi connectivity index (χ2v) is 7.02. The summed E-state index contributed by atoms with van der Waals surface area (Å²) >= 11 is 0. The number of nitrogens with one attached hydrogen (secondary N) is 1. The van der Waals surface area contributed by atoms with E-state index >= 15 is 0 Å². The van der Waals surface area contributed by atoms with E-state index < -0.39 is 18.5 Å². The summed E-state index contributed by atoms with van der Waals surface area (Å²) in [5.41, 5.74) is 2.02. The summed E-state index contributed by atoms with van der Waals surface area (Å²) in [6, 6.07) is 12.4. The van der Waals surface area contributed by atoms with E-state index in [4.69, 9.17) is 23.4 Å². The molecule has 0 radical (unpaired) electrons. The molecule has 2 heterocycles. The number of hydrogen-bond donors (Lipinski definition) is 1. The van der Waals surface area contributed by atoms with Crippen LogP contribution in [0.4, 0.5) is 0 Å². The smallest absolute Gasteiger partial charge is 0.375 e. The van der Waals surface area contributed by atoms with Gasteiger partial charge in [-0.05, 0) is 37.6 Å². The molecule has 0 unspecified atom stereocenters. The Bertz CT molecular complexity index is 1100. The van der Waals surface area contributed by atoms with E-state index in [1.807, 2.05) is 44.2 Å². The van der Waals surface area contributed by atoms with Crippen LogP contribution in [0.25, 0.3) is 11.0 Å². The van der Waals surface area contributed by atoms with Gasteiger partial charge in [-0.15, -0.1) is 0 Å². The second-order valence-electron chi connectivity index (χ2n) is 7.02. The maximum atomic E-state index is 12.6. The molecule has 0 spiro atoms. The normalized spacial score (nSPS) is 13.2. The van der Waals surface area contributed by atoms with Crippen LogP contribution in [0.3, 0.4) is 0 Å². The van der Waals surface area contributed by atoms with Crippen molar-refractivity contribution in [2.24, 2.45) is 0 Å². The first-order valence-electron chi connectivity index (χ1n) is 10.0. The van der Waals surface area contributed by atoms with Gasteiger partial charge in [0.1, 0.15) is 5.58 Å². The van der Waals surface area contributed by atoms with Crippen molar-refractivity contribution in [3.63, 3.8) is 0 Å². The average molecular weight is 425 g/mol. The summed E-state index contributed by atoms with van der Waals surface area (Å²) < 4.78 is 27.0. The molecule has 3 aromatic rings. The third-order valence-electron chi connectivity index (χ3n) is 4.94. The first-order chi connectivity index (χ1) is 15.1. The number of ether oxygens (including phenoxy) is 4. The molecule has 1 aromatic heterocycles. The number of hydrogen-bond acceptors (Lipinski definition) is 7. The minimum absolute atomic E-state index is 0.0475. The minimum atomic E-state index is -0.711. The predicted molar refractivity (Wildman–Crippen MR) is 111 cm³/mol. The van der Waals surface area contributed by atoms with Crippen LogP contribution >= 0.6 is 0 Å². The molecule has 1 N–H and O–H groups in total. The van der Waals surface area contributed by atoms with Gasteiger partial charge < -0.3 is 28.7 Å². The fraction of sp³-hybridized carbons (Fsp3) is 0.304. The molecule has 31 heavy (non-hydrogen) atoms. The van der Waals surface area contributed by atoms with Gasteiger partial charge in [0.25, 0.3) is 5.91 Å². The van der Waals surface area contributed by atoms with Crippen molar-refractivity contribution in [1.29, 1.82) is 0 Å². The van der Waals surface area contributed by atoms with Gasteiger partial charge in [-0.2, -0.15) is 0 Å². The van der Waals surface area contributed by atoms with Crippen LogP contribution in [0.1, 0.15) is 41.6 Å². The van der Waals surface area contributed by atoms with E-state index in [1.165, 1.54) is 0 Å². The fourth-order valence-electron chi connectivity index (χ4n) is 3.36. The van der Waals surface area contributed by atoms with Crippen molar-refractivity contribution in [2.45, 2.75) is 26.5 Å². The standard InChI is InChI=1S/C23H23NO7/c1-3-27-11-17-16-6-4-5-7-18(16)31-22(17)23(26)28-12-21(25)24-14(2)15-8-9-19-20(10-15)30-13-29-19/h4-10,14H,3,11-13H2,1-2H3,(H,24,25)/t14-/m0/s1. The lowest BCUT2D eigenvalue weighted by Crippen LogP contribution is -2.31. The third-order valence-corrected chi connectivity index (χ3v) is 4.94. The Hall–Kier alpha value is -3.52. The van der Waals surface area contributed by atoms with E-state index in [2.05, 4.69) is 5.32 Å².